The van der Waals surface area contributed by atoms with Gasteiger partial charge in [0, 0.05) is 0 Å². The van der Waals surface area contributed by atoms with Gasteiger partial charge < -0.3 is 0 Å². The first-order valence-corrected chi connectivity index (χ1v) is 14.1. The Morgan fingerprint density at radius 3 is 1.89 bits per heavy atom. The van der Waals surface area contributed by atoms with E-state index in [4.69, 9.17) is 0 Å². The van der Waals surface area contributed by atoms with E-state index in [2.05, 4.69) is 31.2 Å². The summed E-state index contributed by atoms with van der Waals surface area (Å²) in [6, 6.07) is 9.88. The van der Waals surface area contributed by atoms with Crippen LogP contribution in [0.25, 0.3) is 0 Å². The normalized spacial score (nSPS) is 113. The Morgan fingerprint density at radius 1 is 0.889 bits per heavy atom. The summed E-state index contributed by atoms with van der Waals surface area (Å²) in [5.74, 6) is 0. The van der Waals surface area contributed by atoms with Gasteiger partial charge in [-0.15, -0.1) is 0 Å². The molecular formula is C17H16Fe. The minimum absolute atomic E-state index is 0.977. The van der Waals surface area contributed by atoms with Gasteiger partial charge in [0.05, 0.1) is 0 Å². The van der Waals surface area contributed by atoms with E-state index in [0.29, 0.717) is 0 Å². The van der Waals surface area contributed by atoms with Crippen LogP contribution < -0.4 is 0 Å². The molecule has 10 aliphatic heterocycles. The van der Waals surface area contributed by atoms with Crippen LogP contribution in [0.15, 0.2) is 24.3 Å². The Kier molecular flexibility index (Phi) is 0.193. The maximum absolute atomic E-state index is 2.84. The van der Waals surface area contributed by atoms with Crippen molar-refractivity contribution in [2.75, 3.05) is 0 Å². The van der Waals surface area contributed by atoms with Crippen LogP contribution in [-0.2, 0) is 10.8 Å². The molecule has 0 bridgehead atoms. The second kappa shape index (κ2) is 0.539. The molecule has 0 saturated carbocycles. The number of hydrogen-bond acceptors (Lipinski definition) is 0. The summed E-state index contributed by atoms with van der Waals surface area (Å²) in [5.41, 5.74) is 3.43. The van der Waals surface area contributed by atoms with Gasteiger partial charge in [-0.1, -0.05) is 0 Å². The van der Waals surface area contributed by atoms with Crippen molar-refractivity contribution in [3.8, 4) is 0 Å². The van der Waals surface area contributed by atoms with Crippen LogP contribution >= 0.6 is 0 Å². The molecule has 0 aliphatic carbocycles. The Hall–Kier alpha value is -0.261. The number of aryl methyl sites for hydroxylation is 1. The Labute approximate surface area is 96.4 Å². The van der Waals surface area contributed by atoms with Gasteiger partial charge in [-0.2, -0.15) is 0 Å². The van der Waals surface area contributed by atoms with Crippen molar-refractivity contribution in [1.29, 1.82) is 0 Å². The van der Waals surface area contributed by atoms with E-state index >= 15 is 0 Å². The van der Waals surface area contributed by atoms with Crippen molar-refractivity contribution in [3.05, 3.63) is 35.4 Å². The fourth-order valence-electron chi connectivity index (χ4n) is 17.9. The van der Waals surface area contributed by atoms with E-state index < -0.39 is 6.51 Å². The standard InChI is InChI=1S/C12H11.C5H5.Fe/c1-10-5-4-8-12(9-10)11-6-2-3-7-11;1-2-4-5-3-1;/h2-9H,1H3;1-5H;. The molecule has 10 fully saturated rings. The molecule has 10 saturated heterocycles. The Balaban J connectivity index is 1.58. The molecule has 92 valence electrons. The molecule has 1 aromatic rings. The van der Waals surface area contributed by atoms with Crippen molar-refractivity contribution in [3.63, 3.8) is 0 Å². The maximum atomic E-state index is 2.63. The molecule has 0 N–H and O–H groups in total. The number of benzene rings is 1. The molecule has 4 atom stereocenters. The molecule has 1 spiro atoms. The molecule has 1 aromatic carbocycles. The molecule has 0 nitrogen and oxygen atoms in total. The second-order valence-electron chi connectivity index (χ2n) is 11.5. The third-order valence-corrected chi connectivity index (χ3v) is 58.5. The van der Waals surface area contributed by atoms with E-state index in [1.54, 1.807) is 0 Å². The van der Waals surface area contributed by atoms with Crippen LogP contribution in [0.4, 0.5) is 0 Å². The van der Waals surface area contributed by atoms with E-state index in [1.807, 2.05) is 5.56 Å². The predicted octanol–water partition coefficient (Wildman–Crippen LogP) is 4.79. The molecule has 10 aliphatic rings. The fraction of sp³-hybridized carbons (Fsp3) is 0.647. The van der Waals surface area contributed by atoms with E-state index in [1.165, 1.54) is 48.9 Å². The predicted molar refractivity (Wildman–Crippen MR) is 66.6 cm³/mol. The fourth-order valence-corrected chi connectivity index (χ4v) is 92.1. The number of rotatable bonds is 1. The summed E-state index contributed by atoms with van der Waals surface area (Å²) in [5, 5.41) is 0. The monoisotopic (exact) mass is 276 g/mol. The second-order valence-corrected chi connectivity index (χ2v) is 35.1. The first kappa shape index (κ1) is 6.46. The van der Waals surface area contributed by atoms with Crippen LogP contribution in [0, 0.1) is 6.92 Å². The summed E-state index contributed by atoms with van der Waals surface area (Å²) < 4.78 is 0.977. The van der Waals surface area contributed by atoms with Crippen LogP contribution in [0.1, 0.15) is 11.1 Å². The van der Waals surface area contributed by atoms with E-state index in [0.717, 1.165) is 4.31 Å². The van der Waals surface area contributed by atoms with Gasteiger partial charge in [0.2, 0.25) is 0 Å². The summed E-state index contributed by atoms with van der Waals surface area (Å²) in [6.07, 6.45) is 0. The zero-order chi connectivity index (χ0) is 11.0. The van der Waals surface area contributed by atoms with Crippen molar-refractivity contribution in [2.45, 2.75) is 54.6 Å². The zero-order valence-electron chi connectivity index (χ0n) is 10.4. The molecule has 0 radical (unpaired) electrons. The van der Waals surface area contributed by atoms with Crippen molar-refractivity contribution in [1.82, 2.24) is 0 Å². The molecule has 11 rings (SSSR count). The van der Waals surface area contributed by atoms with Crippen molar-refractivity contribution < 1.29 is 6.51 Å². The third-order valence-electron chi connectivity index (χ3n) is 16.1. The molecule has 4 unspecified atom stereocenters. The average molecular weight is 276 g/mol. The van der Waals surface area contributed by atoms with Crippen LogP contribution in [-0.4, -0.2) is 0 Å². The average Bonchev–Trinajstić information content (AvgIpc) is 3.32. The van der Waals surface area contributed by atoms with Gasteiger partial charge >= 0.3 is 96.5 Å². The van der Waals surface area contributed by atoms with Gasteiger partial charge in [-0.05, 0) is 0 Å². The molecule has 0 aromatic heterocycles. The number of fused-ring (bicyclic) bond motifs is 10. The van der Waals surface area contributed by atoms with Gasteiger partial charge in [-0.25, -0.2) is 0 Å². The SMILES string of the molecule is Cc1cccc([C]23[CH]4[CH]5[CH]6[CH]2[Fe]56432789[CH]3[CH]2[CH]7[CH]8[CH]39)c1. The van der Waals surface area contributed by atoms with Crippen molar-refractivity contribution >= 4 is 0 Å². The summed E-state index contributed by atoms with van der Waals surface area (Å²) in [4.78, 5) is 13.1. The first-order chi connectivity index (χ1) is 8.54. The number of hydrogen-bond donors (Lipinski definition) is 0. The Bertz CT molecular complexity index is 1080. The van der Waals surface area contributed by atoms with Crippen LogP contribution in [0.3, 0.4) is 0 Å². The summed E-state index contributed by atoms with van der Waals surface area (Å²) in [7, 11) is 0. The van der Waals surface area contributed by atoms with Gasteiger partial charge in [-0.3, -0.25) is 0 Å². The quantitative estimate of drug-likeness (QED) is 0.647. The zero-order valence-corrected chi connectivity index (χ0v) is 11.5. The third kappa shape index (κ3) is 0.0654. The topological polar surface area (TPSA) is 0 Å². The van der Waals surface area contributed by atoms with E-state index in [-0.39, 0.29) is 0 Å². The molecule has 1 heteroatoms. The van der Waals surface area contributed by atoms with Gasteiger partial charge in [0.25, 0.3) is 0 Å². The molecular weight excluding hydrogens is 260 g/mol. The minimum atomic E-state index is -2.84. The summed E-state index contributed by atoms with van der Waals surface area (Å²) >= 11 is 0. The summed E-state index contributed by atoms with van der Waals surface area (Å²) in [6.45, 7) is -0.530. The van der Waals surface area contributed by atoms with Gasteiger partial charge in [0.15, 0.2) is 0 Å². The van der Waals surface area contributed by atoms with Crippen LogP contribution in [0.5, 0.6) is 0 Å². The Morgan fingerprint density at radius 2 is 1.50 bits per heavy atom. The van der Waals surface area contributed by atoms with Gasteiger partial charge in [0.1, 0.15) is 0 Å². The molecule has 10 heterocycles. The van der Waals surface area contributed by atoms with Crippen LogP contribution in [0.2, 0.25) is 43.3 Å². The van der Waals surface area contributed by atoms with Crippen molar-refractivity contribution in [2.24, 2.45) is 0 Å². The first-order valence-electron chi connectivity index (χ1n) is 7.83. The molecule has 18 heavy (non-hydrogen) atoms. The molecule has 0 amide bonds. The van der Waals surface area contributed by atoms with E-state index in [9.17, 15) is 0 Å².